The van der Waals surface area contributed by atoms with Gasteiger partial charge in [0.15, 0.2) is 0 Å². The van der Waals surface area contributed by atoms with Crippen molar-refractivity contribution in [3.63, 3.8) is 0 Å². The molecule has 0 radical (unpaired) electrons. The summed E-state index contributed by atoms with van der Waals surface area (Å²) in [5, 5.41) is 0. The van der Waals surface area contributed by atoms with Crippen molar-refractivity contribution in [2.45, 2.75) is 252 Å². The smallest absolute Gasteiger partial charge is 0.0672 e. The summed E-state index contributed by atoms with van der Waals surface area (Å²) in [6, 6.07) is 0. The normalized spacial score (nSPS) is 13.0. The van der Waals surface area contributed by atoms with Crippen molar-refractivity contribution in [3.8, 4) is 0 Å². The average molecular weight is 768 g/mol. The predicted octanol–water partition coefficient (Wildman–Crippen LogP) is 13.7. The minimum Gasteiger partial charge on any atom is -1.00 e. The molecule has 0 spiro atoms. The lowest BCUT2D eigenvalue weighted by atomic mass is 10.1. The molecule has 0 bridgehead atoms. The van der Waals surface area contributed by atoms with Gasteiger partial charge in [-0.3, -0.25) is 0 Å². The van der Waals surface area contributed by atoms with Gasteiger partial charge in [-0.05, 0) is 38.5 Å². The molecule has 0 unspecified atom stereocenters. The lowest BCUT2D eigenvalue weighted by Crippen LogP contribution is -3.00. The molecule has 0 aliphatic heterocycles. The van der Waals surface area contributed by atoms with Gasteiger partial charge in [-0.1, -0.05) is 213 Å². The van der Waals surface area contributed by atoms with Gasteiger partial charge >= 0.3 is 0 Å². The van der Waals surface area contributed by atoms with Crippen LogP contribution >= 0.6 is 7.26 Å². The van der Waals surface area contributed by atoms with Crippen LogP contribution in [0.1, 0.15) is 256 Å². The van der Waals surface area contributed by atoms with Crippen LogP contribution in [0.3, 0.4) is 0 Å². The maximum absolute atomic E-state index is 8.78. The molecule has 0 aliphatic carbocycles. The molecule has 0 aliphatic rings. The van der Waals surface area contributed by atoms with Crippen LogP contribution in [0.4, 0.5) is 0 Å². The molecule has 0 saturated heterocycles. The van der Waals surface area contributed by atoms with E-state index in [0.29, 0.717) is 0 Å². The van der Waals surface area contributed by atoms with E-state index < -0.39 is 13.9 Å². The summed E-state index contributed by atoms with van der Waals surface area (Å²) in [6.07, 6.45) is 52.0. The Bertz CT molecular complexity index is 528. The van der Waals surface area contributed by atoms with E-state index in [2.05, 4.69) is 20.8 Å². The first-order valence-corrected chi connectivity index (χ1v) is 23.6. The first-order chi connectivity index (χ1) is 22.9. The van der Waals surface area contributed by atoms with E-state index in [9.17, 15) is 0 Å². The monoisotopic (exact) mass is 768 g/mol. The standard InChI is InChI=1S/C43H90P.HI/c1-5-8-11-14-17-20-23-26-29-32-35-38-41-44(4,42-39-36-33-30-27-24-21-18-15-12-9-6-2)43-40-37-34-31-28-25-22-19-16-13-10-7-3;/h5-43H2,1-4H3;1H/q+1;/p-1/i4D3;. The summed E-state index contributed by atoms with van der Waals surface area (Å²) in [4.78, 5) is 0. The molecule has 0 aromatic rings. The highest BCUT2D eigenvalue weighted by atomic mass is 127. The minimum atomic E-state index is -1.92. The highest BCUT2D eigenvalue weighted by Crippen LogP contribution is 2.57. The topological polar surface area (TPSA) is 0 Å². The van der Waals surface area contributed by atoms with E-state index in [0.717, 1.165) is 18.5 Å². The highest BCUT2D eigenvalue weighted by molar-refractivity contribution is 7.75. The number of hydrogen-bond acceptors (Lipinski definition) is 0. The molecule has 0 heterocycles. The van der Waals surface area contributed by atoms with Crippen molar-refractivity contribution in [3.05, 3.63) is 0 Å². The predicted molar refractivity (Wildman–Crippen MR) is 211 cm³/mol. The molecule has 0 atom stereocenters. The Kier molecular flexibility index (Phi) is 38.9. The minimum absolute atomic E-state index is 0. The van der Waals surface area contributed by atoms with Gasteiger partial charge in [-0.2, -0.15) is 0 Å². The molecule has 0 N–H and O–H groups in total. The molecular weight excluding hydrogens is 674 g/mol. The lowest BCUT2D eigenvalue weighted by Gasteiger charge is -2.24. The largest absolute Gasteiger partial charge is 1.00 e. The fraction of sp³-hybridized carbons (Fsp3) is 1.00. The molecule has 0 aromatic heterocycles. The summed E-state index contributed by atoms with van der Waals surface area (Å²) in [5.41, 5.74) is 0. The Balaban J connectivity index is 0. The van der Waals surface area contributed by atoms with Crippen LogP contribution in [0, 0.1) is 0 Å². The summed E-state index contributed by atoms with van der Waals surface area (Å²) in [6.45, 7) is 5.18. The van der Waals surface area contributed by atoms with Crippen molar-refractivity contribution in [1.82, 2.24) is 0 Å². The fourth-order valence-corrected chi connectivity index (χ4v) is 10.3. The number of rotatable bonds is 39. The van der Waals surface area contributed by atoms with Crippen LogP contribution in [-0.4, -0.2) is 25.1 Å². The zero-order chi connectivity index (χ0) is 34.6. The Hall–Kier alpha value is 1.16. The van der Waals surface area contributed by atoms with Crippen LogP contribution in [0.2, 0.25) is 0 Å². The molecule has 0 nitrogen and oxygen atoms in total. The Labute approximate surface area is 311 Å². The van der Waals surface area contributed by atoms with Gasteiger partial charge in [0.05, 0.1) is 22.6 Å². The van der Waals surface area contributed by atoms with Crippen molar-refractivity contribution < 1.29 is 28.1 Å². The van der Waals surface area contributed by atoms with E-state index in [4.69, 9.17) is 4.11 Å². The van der Waals surface area contributed by atoms with Gasteiger partial charge in [-0.15, -0.1) is 0 Å². The van der Waals surface area contributed by atoms with Gasteiger partial charge in [-0.25, -0.2) is 0 Å². The highest BCUT2D eigenvalue weighted by Gasteiger charge is 2.29. The van der Waals surface area contributed by atoms with Gasteiger partial charge in [0.1, 0.15) is 0 Å². The second kappa shape index (κ2) is 41.3. The van der Waals surface area contributed by atoms with Crippen LogP contribution in [0.5, 0.6) is 0 Å². The first-order valence-electron chi connectivity index (χ1n) is 22.8. The fourth-order valence-electron chi connectivity index (χ4n) is 7.10. The molecule has 0 aromatic carbocycles. The molecular formula is C43H90IP. The molecule has 0 rings (SSSR count). The quantitative estimate of drug-likeness (QED) is 0.0332. The Morgan fingerprint density at radius 3 is 0.578 bits per heavy atom. The molecule has 0 fully saturated rings. The zero-order valence-electron chi connectivity index (χ0n) is 34.9. The second-order valence-corrected chi connectivity index (χ2v) is 18.6. The Morgan fingerprint density at radius 2 is 0.422 bits per heavy atom. The first kappa shape index (κ1) is 42.3. The third-order valence-electron chi connectivity index (χ3n) is 10.3. The summed E-state index contributed by atoms with van der Waals surface area (Å²) < 4.78 is 26.3. The third kappa shape index (κ3) is 39.5. The van der Waals surface area contributed by atoms with Crippen molar-refractivity contribution in [2.24, 2.45) is 0 Å². The third-order valence-corrected chi connectivity index (χ3v) is 13.8. The van der Waals surface area contributed by atoms with Crippen LogP contribution in [-0.2, 0) is 0 Å². The van der Waals surface area contributed by atoms with Crippen LogP contribution in [0.15, 0.2) is 0 Å². The molecule has 45 heavy (non-hydrogen) atoms. The Morgan fingerprint density at radius 1 is 0.267 bits per heavy atom. The van der Waals surface area contributed by atoms with Gasteiger partial charge in [0.25, 0.3) is 0 Å². The maximum Gasteiger partial charge on any atom is 0.0672 e. The van der Waals surface area contributed by atoms with Crippen LogP contribution in [0.25, 0.3) is 0 Å². The van der Waals surface area contributed by atoms with E-state index in [-0.39, 0.29) is 24.0 Å². The molecule has 0 saturated carbocycles. The summed E-state index contributed by atoms with van der Waals surface area (Å²) in [7, 11) is -1.92. The van der Waals surface area contributed by atoms with Gasteiger partial charge < -0.3 is 24.0 Å². The van der Waals surface area contributed by atoms with Crippen molar-refractivity contribution in [1.29, 1.82) is 0 Å². The molecule has 274 valence electrons. The van der Waals surface area contributed by atoms with Crippen LogP contribution < -0.4 is 24.0 Å². The molecule has 2 heteroatoms. The SMILES string of the molecule is [2H]C([2H])([2H])[P+](CCCCCCCCCCCCCC)(CCCCCCCCCCCCCC)CCCCCCCCCCCCCC.[I-]. The van der Waals surface area contributed by atoms with Crippen molar-refractivity contribution >= 4 is 7.26 Å². The lowest BCUT2D eigenvalue weighted by molar-refractivity contribution is -0.00000998. The number of hydrogen-bond donors (Lipinski definition) is 0. The van der Waals surface area contributed by atoms with E-state index in [1.807, 2.05) is 0 Å². The summed E-state index contributed by atoms with van der Waals surface area (Å²) in [5.74, 6) is 0. The van der Waals surface area contributed by atoms with E-state index >= 15 is 0 Å². The van der Waals surface area contributed by atoms with Gasteiger partial charge in [0.2, 0.25) is 0 Å². The maximum atomic E-state index is 8.78. The van der Waals surface area contributed by atoms with Crippen molar-refractivity contribution in [2.75, 3.05) is 25.1 Å². The summed E-state index contributed by atoms with van der Waals surface area (Å²) >= 11 is 0. The number of halogens is 1. The second-order valence-electron chi connectivity index (χ2n) is 15.0. The van der Waals surface area contributed by atoms with E-state index in [1.54, 1.807) is 0 Å². The number of unbranched alkanes of at least 4 members (excludes halogenated alkanes) is 33. The van der Waals surface area contributed by atoms with E-state index in [1.165, 1.54) is 231 Å². The van der Waals surface area contributed by atoms with Gasteiger partial charge in [0, 0.05) is 13.9 Å². The average Bonchev–Trinajstić information content (AvgIpc) is 3.05. The zero-order valence-corrected chi connectivity index (χ0v) is 35.0. The molecule has 0 amide bonds.